The van der Waals surface area contributed by atoms with Crippen LogP contribution in [0.25, 0.3) is 0 Å². The van der Waals surface area contributed by atoms with Crippen LogP contribution in [0.4, 0.5) is 0 Å². The number of carbonyl (C=O) groups is 4. The maximum atomic E-state index is 13.2. The van der Waals surface area contributed by atoms with Crippen LogP contribution in [0.15, 0.2) is 24.3 Å². The maximum absolute atomic E-state index is 13.2. The number of halogens is 1. The van der Waals surface area contributed by atoms with E-state index in [4.69, 9.17) is 16.3 Å². The Morgan fingerprint density at radius 2 is 1.75 bits per heavy atom. The van der Waals surface area contributed by atoms with Crippen molar-refractivity contribution in [3.63, 3.8) is 0 Å². The molecule has 0 radical (unpaired) electrons. The van der Waals surface area contributed by atoms with Crippen LogP contribution in [-0.4, -0.2) is 47.9 Å². The van der Waals surface area contributed by atoms with Crippen molar-refractivity contribution in [1.82, 2.24) is 16.0 Å². The summed E-state index contributed by atoms with van der Waals surface area (Å²) in [7, 11) is 0. The third-order valence-corrected chi connectivity index (χ3v) is 7.03. The molecule has 1 aromatic rings. The number of ether oxygens (including phenoxy) is 1. The van der Waals surface area contributed by atoms with Gasteiger partial charge in [0.25, 0.3) is 0 Å². The minimum atomic E-state index is -0.931. The number of amides is 3. The Bertz CT molecular complexity index is 924. The van der Waals surface area contributed by atoms with Crippen molar-refractivity contribution in [1.29, 1.82) is 0 Å². The van der Waals surface area contributed by atoms with E-state index in [1.807, 2.05) is 26.8 Å². The monoisotopic (exact) mass is 521 g/mol. The lowest BCUT2D eigenvalue weighted by atomic mass is 9.94. The van der Waals surface area contributed by atoms with E-state index >= 15 is 0 Å². The summed E-state index contributed by atoms with van der Waals surface area (Å²) in [5.74, 6) is -2.21. The highest BCUT2D eigenvalue weighted by Gasteiger charge is 2.35. The normalized spacial score (nSPS) is 25.7. The minimum absolute atomic E-state index is 0.0720. The van der Waals surface area contributed by atoms with Gasteiger partial charge >= 0.3 is 5.97 Å². The van der Waals surface area contributed by atoms with Crippen molar-refractivity contribution in [2.75, 3.05) is 0 Å². The quantitative estimate of drug-likeness (QED) is 0.453. The molecule has 6 atom stereocenters. The summed E-state index contributed by atoms with van der Waals surface area (Å²) in [6.45, 7) is 9.35. The van der Waals surface area contributed by atoms with Crippen molar-refractivity contribution in [3.8, 4) is 0 Å². The molecule has 0 unspecified atom stereocenters. The van der Waals surface area contributed by atoms with Gasteiger partial charge in [0.15, 0.2) is 0 Å². The van der Waals surface area contributed by atoms with Gasteiger partial charge in [-0.1, -0.05) is 70.7 Å². The standard InChI is InChI=1S/C27H40ClN3O5/c1-6-8-10-17(4)22-15-23(32)30-21(14-19-11-9-12-20(28)13-19)26(34)29-18(5)25(33)31-24(16(3)7-2)27(35)36-22/h9,11-13,16-18,21-22,24H,6-8,10,14-15H2,1-5H3,(H,29,34)(H,30,32)(H,31,33)/t16-,17-,18-,21-,22-,24+/m0/s1. The molecule has 3 amide bonds. The number of carbonyl (C=O) groups excluding carboxylic acids is 4. The second kappa shape index (κ2) is 14.2. The van der Waals surface area contributed by atoms with Crippen molar-refractivity contribution in [2.45, 2.75) is 97.4 Å². The van der Waals surface area contributed by atoms with Gasteiger partial charge in [0.2, 0.25) is 17.7 Å². The summed E-state index contributed by atoms with van der Waals surface area (Å²) in [5, 5.41) is 8.75. The molecule has 0 saturated carbocycles. The van der Waals surface area contributed by atoms with Crippen LogP contribution >= 0.6 is 11.6 Å². The largest absolute Gasteiger partial charge is 0.460 e. The zero-order chi connectivity index (χ0) is 26.8. The summed E-state index contributed by atoms with van der Waals surface area (Å²) < 4.78 is 5.87. The van der Waals surface area contributed by atoms with E-state index in [2.05, 4.69) is 22.9 Å². The third kappa shape index (κ3) is 8.80. The zero-order valence-corrected chi connectivity index (χ0v) is 22.7. The second-order valence-corrected chi connectivity index (χ2v) is 10.3. The molecule has 0 aromatic heterocycles. The molecule has 1 aromatic carbocycles. The summed E-state index contributed by atoms with van der Waals surface area (Å²) in [4.78, 5) is 52.4. The summed E-state index contributed by atoms with van der Waals surface area (Å²) >= 11 is 6.10. The van der Waals surface area contributed by atoms with E-state index in [1.165, 1.54) is 0 Å². The van der Waals surface area contributed by atoms with Crippen LogP contribution < -0.4 is 16.0 Å². The van der Waals surface area contributed by atoms with E-state index in [0.717, 1.165) is 24.8 Å². The number of hydrogen-bond donors (Lipinski definition) is 3. The molecule has 1 aliphatic rings. The van der Waals surface area contributed by atoms with Gasteiger partial charge in [0.05, 0.1) is 6.42 Å². The zero-order valence-electron chi connectivity index (χ0n) is 21.9. The molecule has 0 spiro atoms. The van der Waals surface area contributed by atoms with Gasteiger partial charge < -0.3 is 20.7 Å². The van der Waals surface area contributed by atoms with Crippen LogP contribution in [0.5, 0.6) is 0 Å². The Labute approximate surface area is 219 Å². The number of unbranched alkanes of at least 4 members (excludes halogenated alkanes) is 1. The lowest BCUT2D eigenvalue weighted by Crippen LogP contribution is -2.55. The average Bonchev–Trinajstić information content (AvgIpc) is 2.83. The Hall–Kier alpha value is -2.61. The summed E-state index contributed by atoms with van der Waals surface area (Å²) in [5.41, 5.74) is 0.764. The number of cyclic esters (lactones) is 1. The van der Waals surface area contributed by atoms with Gasteiger partial charge in [0.1, 0.15) is 24.2 Å². The fraction of sp³-hybridized carbons (Fsp3) is 0.630. The van der Waals surface area contributed by atoms with Gasteiger partial charge in [-0.05, 0) is 42.9 Å². The van der Waals surface area contributed by atoms with E-state index in [0.29, 0.717) is 11.4 Å². The third-order valence-electron chi connectivity index (χ3n) is 6.80. The molecular weight excluding hydrogens is 482 g/mol. The molecule has 1 saturated heterocycles. The highest BCUT2D eigenvalue weighted by Crippen LogP contribution is 2.21. The predicted molar refractivity (Wildman–Crippen MR) is 139 cm³/mol. The topological polar surface area (TPSA) is 114 Å². The van der Waals surface area contributed by atoms with E-state index in [1.54, 1.807) is 25.1 Å². The van der Waals surface area contributed by atoms with Crippen molar-refractivity contribution in [2.24, 2.45) is 11.8 Å². The van der Waals surface area contributed by atoms with Crippen LogP contribution in [0.1, 0.15) is 72.3 Å². The SMILES string of the molecule is CCCC[C@H](C)[C@@H]1CC(=O)N[C@@H](Cc2cccc(Cl)c2)C(=O)N[C@@H](C)C(=O)N[C@H]([C@@H](C)CC)C(=O)O1. The van der Waals surface area contributed by atoms with Crippen LogP contribution in [-0.2, 0) is 30.3 Å². The lowest BCUT2D eigenvalue weighted by molar-refractivity contribution is -0.158. The number of rotatable bonds is 8. The highest BCUT2D eigenvalue weighted by molar-refractivity contribution is 6.30. The first-order valence-corrected chi connectivity index (χ1v) is 13.3. The first-order chi connectivity index (χ1) is 17.0. The fourth-order valence-electron chi connectivity index (χ4n) is 4.17. The number of nitrogens with one attached hydrogen (secondary N) is 3. The smallest absolute Gasteiger partial charge is 0.329 e. The lowest BCUT2D eigenvalue weighted by Gasteiger charge is -2.29. The van der Waals surface area contributed by atoms with Crippen LogP contribution in [0, 0.1) is 11.8 Å². The van der Waals surface area contributed by atoms with Gasteiger partial charge in [-0.3, -0.25) is 14.4 Å². The molecule has 0 bridgehead atoms. The van der Waals surface area contributed by atoms with Gasteiger partial charge in [-0.2, -0.15) is 0 Å². The van der Waals surface area contributed by atoms with Gasteiger partial charge in [-0.15, -0.1) is 0 Å². The van der Waals surface area contributed by atoms with Gasteiger partial charge in [0, 0.05) is 11.4 Å². The van der Waals surface area contributed by atoms with Crippen molar-refractivity contribution < 1.29 is 23.9 Å². The van der Waals surface area contributed by atoms with Crippen molar-refractivity contribution in [3.05, 3.63) is 34.9 Å². The van der Waals surface area contributed by atoms with E-state index in [9.17, 15) is 19.2 Å². The van der Waals surface area contributed by atoms with Crippen molar-refractivity contribution >= 4 is 35.3 Å². The Morgan fingerprint density at radius 1 is 1.03 bits per heavy atom. The Morgan fingerprint density at radius 3 is 2.39 bits per heavy atom. The summed E-state index contributed by atoms with van der Waals surface area (Å²) in [6, 6.07) is 4.31. The first kappa shape index (κ1) is 29.6. The minimum Gasteiger partial charge on any atom is -0.460 e. The molecule has 200 valence electrons. The number of benzene rings is 1. The molecule has 9 heteroatoms. The van der Waals surface area contributed by atoms with Crippen LogP contribution in [0.2, 0.25) is 5.02 Å². The number of esters is 1. The molecule has 36 heavy (non-hydrogen) atoms. The fourth-order valence-corrected chi connectivity index (χ4v) is 4.38. The Kier molecular flexibility index (Phi) is 11.7. The first-order valence-electron chi connectivity index (χ1n) is 12.9. The summed E-state index contributed by atoms with van der Waals surface area (Å²) in [6.07, 6.45) is 2.76. The molecule has 3 N–H and O–H groups in total. The van der Waals surface area contributed by atoms with Gasteiger partial charge in [-0.25, -0.2) is 4.79 Å². The molecule has 1 heterocycles. The average molecular weight is 522 g/mol. The number of hydrogen-bond acceptors (Lipinski definition) is 5. The molecule has 1 aliphatic heterocycles. The van der Waals surface area contributed by atoms with E-state index in [-0.39, 0.29) is 24.7 Å². The maximum Gasteiger partial charge on any atom is 0.329 e. The van der Waals surface area contributed by atoms with E-state index < -0.39 is 47.9 Å². The molecule has 8 nitrogen and oxygen atoms in total. The molecular formula is C27H40ClN3O5. The second-order valence-electron chi connectivity index (χ2n) is 9.86. The molecule has 1 fully saturated rings. The Balaban J connectivity index is 2.39. The molecule has 0 aliphatic carbocycles. The highest BCUT2D eigenvalue weighted by atomic mass is 35.5. The van der Waals surface area contributed by atoms with Crippen LogP contribution in [0.3, 0.4) is 0 Å². The molecule has 2 rings (SSSR count). The predicted octanol–water partition coefficient (Wildman–Crippen LogP) is 3.54.